The van der Waals surface area contributed by atoms with Gasteiger partial charge >= 0.3 is 39.5 Å². The molecule has 0 heterocycles. The second-order valence-corrected chi connectivity index (χ2v) is 28.8. The minimum atomic E-state index is -4.95. The van der Waals surface area contributed by atoms with Gasteiger partial charge in [0.1, 0.15) is 19.3 Å². The first kappa shape index (κ1) is 84.1. The molecule has 6 atom stereocenters. The molecule has 0 saturated carbocycles. The van der Waals surface area contributed by atoms with E-state index in [-0.39, 0.29) is 25.7 Å². The Morgan fingerprint density at radius 2 is 0.558 bits per heavy atom. The monoisotopic (exact) mass is 1270 g/mol. The van der Waals surface area contributed by atoms with E-state index in [0.717, 1.165) is 114 Å². The fraction of sp³-hybridized carbons (Fsp3) is 0.940. The zero-order valence-corrected chi connectivity index (χ0v) is 57.7. The van der Waals surface area contributed by atoms with Crippen molar-refractivity contribution in [2.75, 3.05) is 39.6 Å². The first-order valence-corrected chi connectivity index (χ1v) is 37.7. The molecular weight excluding hydrogens is 1140 g/mol. The van der Waals surface area contributed by atoms with Crippen molar-refractivity contribution in [3.8, 4) is 0 Å². The minimum Gasteiger partial charge on any atom is -0.462 e. The van der Waals surface area contributed by atoms with Crippen molar-refractivity contribution < 1.29 is 80.2 Å². The lowest BCUT2D eigenvalue weighted by Gasteiger charge is -2.21. The van der Waals surface area contributed by atoms with E-state index in [1.165, 1.54) is 122 Å². The number of ether oxygens (including phenoxy) is 4. The van der Waals surface area contributed by atoms with Gasteiger partial charge in [-0.15, -0.1) is 0 Å². The van der Waals surface area contributed by atoms with Crippen molar-refractivity contribution in [1.82, 2.24) is 0 Å². The van der Waals surface area contributed by atoms with Gasteiger partial charge in [-0.1, -0.05) is 274 Å². The number of phosphoric ester groups is 2. The van der Waals surface area contributed by atoms with E-state index in [2.05, 4.69) is 55.4 Å². The molecule has 19 heteroatoms. The van der Waals surface area contributed by atoms with E-state index in [9.17, 15) is 43.2 Å². The number of carbonyl (C=O) groups excluding carboxylic acids is 4. The van der Waals surface area contributed by atoms with Gasteiger partial charge in [-0.25, -0.2) is 9.13 Å². The Morgan fingerprint density at radius 3 is 0.826 bits per heavy atom. The highest BCUT2D eigenvalue weighted by Gasteiger charge is 2.30. The molecule has 0 amide bonds. The van der Waals surface area contributed by atoms with Gasteiger partial charge in [0.05, 0.1) is 26.4 Å². The SMILES string of the molecule is CCC(C)CCCCCCCCCCC(=O)OC[C@H](COP(=O)(O)OCC(O)COP(=O)(O)OC[C@@H](COC(=O)CCCCCCCCCC(C)C)OC(=O)CCCCCCCCCCC(C)C)OC(=O)CCCCCCCCCCCCC(C)C. The predicted octanol–water partition coefficient (Wildman–Crippen LogP) is 18.5. The third kappa shape index (κ3) is 59.7. The van der Waals surface area contributed by atoms with Crippen molar-refractivity contribution >= 4 is 39.5 Å². The molecule has 0 aliphatic carbocycles. The van der Waals surface area contributed by atoms with Crippen LogP contribution in [0.5, 0.6) is 0 Å². The fourth-order valence-corrected chi connectivity index (χ4v) is 11.5. The van der Waals surface area contributed by atoms with Gasteiger partial charge in [0.2, 0.25) is 0 Å². The number of aliphatic hydroxyl groups is 1. The number of hydrogen-bond donors (Lipinski definition) is 3. The van der Waals surface area contributed by atoms with Crippen molar-refractivity contribution in [2.24, 2.45) is 23.7 Å². The lowest BCUT2D eigenvalue weighted by molar-refractivity contribution is -0.161. The molecule has 0 aliphatic heterocycles. The highest BCUT2D eigenvalue weighted by molar-refractivity contribution is 7.47. The molecule has 0 fully saturated rings. The third-order valence-electron chi connectivity index (χ3n) is 15.7. The smallest absolute Gasteiger partial charge is 0.462 e. The predicted molar refractivity (Wildman–Crippen MR) is 344 cm³/mol. The molecule has 510 valence electrons. The van der Waals surface area contributed by atoms with Gasteiger partial charge in [-0.2, -0.15) is 0 Å². The standard InChI is InChI=1S/C67H130O17P2/c1-9-60(8)46-38-30-22-15-17-23-31-39-47-64(69)77-53-62(83-66(71)49-41-33-24-13-11-10-12-19-27-35-43-57(2)3)55-81-85(73,74)79-51-61(68)52-80-86(75,76)82-56-63(54-78-65(70)48-40-32-26-18-21-29-37-45-59(6)7)84-67(72)50-42-34-25-16-14-20-28-36-44-58(4)5/h57-63,68H,9-56H2,1-8H3,(H,73,74)(H,75,76)/t60?,61?,62-,63-/m1/s1. The van der Waals surface area contributed by atoms with E-state index in [0.29, 0.717) is 31.6 Å². The molecule has 0 bridgehead atoms. The summed E-state index contributed by atoms with van der Waals surface area (Å²) in [5.41, 5.74) is 0. The maximum Gasteiger partial charge on any atom is 0.472 e. The lowest BCUT2D eigenvalue weighted by atomic mass is 9.99. The zero-order valence-electron chi connectivity index (χ0n) is 55.9. The molecule has 0 aromatic heterocycles. The molecule has 17 nitrogen and oxygen atoms in total. The van der Waals surface area contributed by atoms with Gasteiger partial charge < -0.3 is 33.8 Å². The quantitative estimate of drug-likeness (QED) is 0.0222. The average molecular weight is 1270 g/mol. The summed E-state index contributed by atoms with van der Waals surface area (Å²) in [4.78, 5) is 72.4. The largest absolute Gasteiger partial charge is 0.472 e. The number of hydrogen-bond acceptors (Lipinski definition) is 15. The van der Waals surface area contributed by atoms with Gasteiger partial charge in [-0.05, 0) is 49.4 Å². The summed E-state index contributed by atoms with van der Waals surface area (Å²) < 4.78 is 68.1. The Bertz CT molecular complexity index is 1720. The molecular formula is C67H130O17P2. The molecule has 0 radical (unpaired) electrons. The second kappa shape index (κ2) is 57.0. The van der Waals surface area contributed by atoms with Gasteiger partial charge in [0.25, 0.3) is 0 Å². The molecule has 4 unspecified atom stereocenters. The Kier molecular flexibility index (Phi) is 55.7. The van der Waals surface area contributed by atoms with Gasteiger partial charge in [0, 0.05) is 25.7 Å². The molecule has 0 spiro atoms. The van der Waals surface area contributed by atoms with Crippen LogP contribution in [0.2, 0.25) is 0 Å². The van der Waals surface area contributed by atoms with Crippen LogP contribution in [-0.4, -0.2) is 96.7 Å². The summed E-state index contributed by atoms with van der Waals surface area (Å²) >= 11 is 0. The zero-order chi connectivity index (χ0) is 63.9. The van der Waals surface area contributed by atoms with Crippen molar-refractivity contribution in [3.05, 3.63) is 0 Å². The molecule has 86 heavy (non-hydrogen) atoms. The highest BCUT2D eigenvalue weighted by Crippen LogP contribution is 2.45. The number of aliphatic hydroxyl groups excluding tert-OH is 1. The molecule has 0 saturated heterocycles. The summed E-state index contributed by atoms with van der Waals surface area (Å²) in [6, 6.07) is 0. The minimum absolute atomic E-state index is 0.103. The number of phosphoric acid groups is 2. The van der Waals surface area contributed by atoms with Crippen LogP contribution in [0.15, 0.2) is 0 Å². The van der Waals surface area contributed by atoms with Crippen molar-refractivity contribution in [1.29, 1.82) is 0 Å². The van der Waals surface area contributed by atoms with Crippen LogP contribution in [0.4, 0.5) is 0 Å². The summed E-state index contributed by atoms with van der Waals surface area (Å²) in [5, 5.41) is 10.6. The number of rotatable bonds is 64. The maximum absolute atomic E-state index is 13.0. The van der Waals surface area contributed by atoms with Crippen molar-refractivity contribution in [3.63, 3.8) is 0 Å². The van der Waals surface area contributed by atoms with Crippen molar-refractivity contribution in [2.45, 2.75) is 343 Å². The summed E-state index contributed by atoms with van der Waals surface area (Å²) in [5.74, 6) is 0.817. The Hall–Kier alpha value is -1.94. The number of esters is 4. The van der Waals surface area contributed by atoms with Crippen LogP contribution in [0.3, 0.4) is 0 Å². The molecule has 0 aliphatic rings. The Morgan fingerprint density at radius 1 is 0.326 bits per heavy atom. The van der Waals surface area contributed by atoms with Crippen LogP contribution >= 0.6 is 15.6 Å². The van der Waals surface area contributed by atoms with Crippen LogP contribution < -0.4 is 0 Å². The van der Waals surface area contributed by atoms with Gasteiger partial charge in [-0.3, -0.25) is 37.3 Å². The highest BCUT2D eigenvalue weighted by atomic mass is 31.2. The first-order valence-electron chi connectivity index (χ1n) is 34.7. The first-order chi connectivity index (χ1) is 41.1. The molecule has 0 aromatic carbocycles. The summed E-state index contributed by atoms with van der Waals surface area (Å²) in [7, 11) is -9.90. The Labute approximate surface area is 524 Å². The summed E-state index contributed by atoms with van der Waals surface area (Å²) in [6.07, 6.45) is 37.6. The van der Waals surface area contributed by atoms with Crippen LogP contribution in [-0.2, 0) is 65.4 Å². The number of carbonyl (C=O) groups is 4. The molecule has 0 rings (SSSR count). The normalized spacial score (nSPS) is 14.7. The molecule has 3 N–H and O–H groups in total. The Balaban J connectivity index is 5.27. The second-order valence-electron chi connectivity index (χ2n) is 25.9. The number of unbranched alkanes of at least 4 members (excludes halogenated alkanes) is 29. The van der Waals surface area contributed by atoms with E-state index >= 15 is 0 Å². The summed E-state index contributed by atoms with van der Waals surface area (Å²) in [6.45, 7) is 14.0. The van der Waals surface area contributed by atoms with Crippen LogP contribution in [0.1, 0.15) is 325 Å². The van der Waals surface area contributed by atoms with E-state index in [1.807, 2.05) is 0 Å². The van der Waals surface area contributed by atoms with E-state index < -0.39 is 97.5 Å². The molecule has 0 aromatic rings. The van der Waals surface area contributed by atoms with Gasteiger partial charge in [0.15, 0.2) is 12.2 Å². The van der Waals surface area contributed by atoms with Crippen LogP contribution in [0, 0.1) is 23.7 Å². The van der Waals surface area contributed by atoms with E-state index in [4.69, 9.17) is 37.0 Å². The maximum atomic E-state index is 13.0. The fourth-order valence-electron chi connectivity index (χ4n) is 9.93. The topological polar surface area (TPSA) is 237 Å². The average Bonchev–Trinajstić information content (AvgIpc) is 3.64. The third-order valence-corrected chi connectivity index (χ3v) is 17.6. The van der Waals surface area contributed by atoms with Crippen LogP contribution in [0.25, 0.3) is 0 Å². The lowest BCUT2D eigenvalue weighted by Crippen LogP contribution is -2.30. The van der Waals surface area contributed by atoms with E-state index in [1.54, 1.807) is 0 Å².